The lowest BCUT2D eigenvalue weighted by Crippen LogP contribution is -2.15. The van der Waals surface area contributed by atoms with Crippen molar-refractivity contribution in [2.24, 2.45) is 0 Å². The SMILES string of the molecule is CCCn1cc(Oc2ncc(CNC3CC3)cc2Cl)cn1. The highest BCUT2D eigenvalue weighted by atomic mass is 35.5. The Morgan fingerprint density at radius 1 is 1.43 bits per heavy atom. The molecule has 2 heterocycles. The molecule has 2 aromatic heterocycles. The zero-order chi connectivity index (χ0) is 14.7. The highest BCUT2D eigenvalue weighted by Crippen LogP contribution is 2.28. The Bertz CT molecular complexity index is 609. The largest absolute Gasteiger partial charge is 0.434 e. The van der Waals surface area contributed by atoms with Crippen LogP contribution in [0.4, 0.5) is 0 Å². The molecule has 5 nitrogen and oxygen atoms in total. The van der Waals surface area contributed by atoms with Gasteiger partial charge in [-0.25, -0.2) is 4.98 Å². The minimum absolute atomic E-state index is 0.419. The van der Waals surface area contributed by atoms with E-state index in [2.05, 4.69) is 22.3 Å². The average molecular weight is 307 g/mol. The topological polar surface area (TPSA) is 52.0 Å². The molecule has 21 heavy (non-hydrogen) atoms. The summed E-state index contributed by atoms with van der Waals surface area (Å²) >= 11 is 6.24. The van der Waals surface area contributed by atoms with Crippen LogP contribution in [0.3, 0.4) is 0 Å². The molecule has 6 heteroatoms. The molecule has 112 valence electrons. The molecule has 2 aromatic rings. The lowest BCUT2D eigenvalue weighted by atomic mass is 10.3. The number of pyridine rings is 1. The van der Waals surface area contributed by atoms with Gasteiger partial charge in [0.2, 0.25) is 5.88 Å². The second kappa shape index (κ2) is 6.45. The lowest BCUT2D eigenvalue weighted by Gasteiger charge is -2.07. The molecule has 1 fully saturated rings. The van der Waals surface area contributed by atoms with Crippen LogP contribution in [0, 0.1) is 0 Å². The zero-order valence-corrected chi connectivity index (χ0v) is 12.8. The molecule has 1 N–H and O–H groups in total. The number of hydrogen-bond donors (Lipinski definition) is 1. The molecule has 3 rings (SSSR count). The normalized spacial score (nSPS) is 14.4. The Balaban J connectivity index is 1.63. The predicted molar refractivity (Wildman–Crippen MR) is 81.7 cm³/mol. The van der Waals surface area contributed by atoms with Crippen molar-refractivity contribution >= 4 is 11.6 Å². The zero-order valence-electron chi connectivity index (χ0n) is 12.1. The maximum Gasteiger partial charge on any atom is 0.238 e. The summed E-state index contributed by atoms with van der Waals surface area (Å²) in [7, 11) is 0. The summed E-state index contributed by atoms with van der Waals surface area (Å²) in [5.41, 5.74) is 1.07. The van der Waals surface area contributed by atoms with Gasteiger partial charge in [-0.15, -0.1) is 0 Å². The molecular formula is C15H19ClN4O. The molecule has 1 saturated carbocycles. The molecule has 0 radical (unpaired) electrons. The first-order chi connectivity index (χ1) is 10.2. The van der Waals surface area contributed by atoms with Gasteiger partial charge in [0.05, 0.1) is 12.4 Å². The van der Waals surface area contributed by atoms with Gasteiger partial charge < -0.3 is 10.1 Å². The number of nitrogens with zero attached hydrogens (tertiary/aromatic N) is 3. The minimum Gasteiger partial charge on any atom is -0.434 e. The predicted octanol–water partition coefficient (Wildman–Crippen LogP) is 3.39. The highest BCUT2D eigenvalue weighted by Gasteiger charge is 2.20. The molecule has 0 saturated heterocycles. The van der Waals surface area contributed by atoms with E-state index in [0.717, 1.165) is 25.1 Å². The van der Waals surface area contributed by atoms with E-state index in [1.807, 2.05) is 16.9 Å². The third-order valence-corrected chi connectivity index (χ3v) is 3.58. The van der Waals surface area contributed by atoms with Gasteiger partial charge in [-0.1, -0.05) is 18.5 Å². The summed E-state index contributed by atoms with van der Waals surface area (Å²) in [5, 5.41) is 8.17. The van der Waals surface area contributed by atoms with E-state index in [1.54, 1.807) is 12.4 Å². The van der Waals surface area contributed by atoms with Crippen molar-refractivity contribution < 1.29 is 4.74 Å². The van der Waals surface area contributed by atoms with Gasteiger partial charge in [0.15, 0.2) is 5.75 Å². The summed E-state index contributed by atoms with van der Waals surface area (Å²) < 4.78 is 7.53. The van der Waals surface area contributed by atoms with Crippen LogP contribution in [-0.2, 0) is 13.1 Å². The second-order valence-electron chi connectivity index (χ2n) is 5.33. The Labute approximate surface area is 129 Å². The van der Waals surface area contributed by atoms with Crippen molar-refractivity contribution in [1.82, 2.24) is 20.1 Å². The fourth-order valence-corrected chi connectivity index (χ4v) is 2.27. The van der Waals surface area contributed by atoms with E-state index in [4.69, 9.17) is 16.3 Å². The first kappa shape index (κ1) is 14.4. The van der Waals surface area contributed by atoms with Gasteiger partial charge in [-0.2, -0.15) is 5.10 Å². The maximum atomic E-state index is 6.24. The van der Waals surface area contributed by atoms with Crippen LogP contribution in [0.15, 0.2) is 24.7 Å². The van der Waals surface area contributed by atoms with Crippen molar-refractivity contribution in [3.05, 3.63) is 35.2 Å². The average Bonchev–Trinajstić information content (AvgIpc) is 3.20. The molecular weight excluding hydrogens is 288 g/mol. The third kappa shape index (κ3) is 3.95. The van der Waals surface area contributed by atoms with Gasteiger partial charge >= 0.3 is 0 Å². The lowest BCUT2D eigenvalue weighted by molar-refractivity contribution is 0.461. The standard InChI is InChI=1S/C15H19ClN4O/c1-2-5-20-10-13(9-19-20)21-15-14(16)6-11(8-18-15)7-17-12-3-4-12/h6,8-10,12,17H,2-5,7H2,1H3. The van der Waals surface area contributed by atoms with Crippen LogP contribution >= 0.6 is 11.6 Å². The molecule has 0 bridgehead atoms. The first-order valence-electron chi connectivity index (χ1n) is 7.32. The van der Waals surface area contributed by atoms with Crippen molar-refractivity contribution in [3.63, 3.8) is 0 Å². The van der Waals surface area contributed by atoms with E-state index in [0.29, 0.717) is 22.7 Å². The third-order valence-electron chi connectivity index (χ3n) is 3.31. The molecule has 1 aliphatic carbocycles. The van der Waals surface area contributed by atoms with Gasteiger partial charge in [0.1, 0.15) is 5.02 Å². The Kier molecular flexibility index (Phi) is 4.41. The number of aromatic nitrogens is 3. The van der Waals surface area contributed by atoms with E-state index in [9.17, 15) is 0 Å². The van der Waals surface area contributed by atoms with Crippen molar-refractivity contribution in [3.8, 4) is 11.6 Å². The van der Waals surface area contributed by atoms with Crippen molar-refractivity contribution in [2.45, 2.75) is 45.3 Å². The van der Waals surface area contributed by atoms with Crippen LogP contribution in [-0.4, -0.2) is 20.8 Å². The summed E-state index contributed by atoms with van der Waals surface area (Å²) in [6.45, 7) is 3.78. The molecule has 0 atom stereocenters. The summed E-state index contributed by atoms with van der Waals surface area (Å²) in [6, 6.07) is 2.57. The fraction of sp³-hybridized carbons (Fsp3) is 0.467. The number of ether oxygens (including phenoxy) is 1. The van der Waals surface area contributed by atoms with E-state index < -0.39 is 0 Å². The Morgan fingerprint density at radius 2 is 2.29 bits per heavy atom. The van der Waals surface area contributed by atoms with Crippen LogP contribution in [0.5, 0.6) is 11.6 Å². The summed E-state index contributed by atoms with van der Waals surface area (Å²) in [5.74, 6) is 1.07. The molecule has 0 aromatic carbocycles. The number of aryl methyl sites for hydroxylation is 1. The van der Waals surface area contributed by atoms with Gasteiger partial charge in [-0.3, -0.25) is 4.68 Å². The van der Waals surface area contributed by atoms with Gasteiger partial charge in [0.25, 0.3) is 0 Å². The Morgan fingerprint density at radius 3 is 3.00 bits per heavy atom. The van der Waals surface area contributed by atoms with Crippen LogP contribution in [0.2, 0.25) is 5.02 Å². The van der Waals surface area contributed by atoms with Crippen LogP contribution in [0.25, 0.3) is 0 Å². The van der Waals surface area contributed by atoms with E-state index in [-0.39, 0.29) is 0 Å². The number of hydrogen-bond acceptors (Lipinski definition) is 4. The molecule has 0 spiro atoms. The maximum absolute atomic E-state index is 6.24. The summed E-state index contributed by atoms with van der Waals surface area (Å²) in [4.78, 5) is 4.30. The first-order valence-corrected chi connectivity index (χ1v) is 7.70. The van der Waals surface area contributed by atoms with Crippen LogP contribution < -0.4 is 10.1 Å². The quantitative estimate of drug-likeness (QED) is 0.852. The highest BCUT2D eigenvalue weighted by molar-refractivity contribution is 6.31. The smallest absolute Gasteiger partial charge is 0.238 e. The summed E-state index contributed by atoms with van der Waals surface area (Å²) in [6.07, 6.45) is 8.89. The van der Waals surface area contributed by atoms with Crippen LogP contribution in [0.1, 0.15) is 31.7 Å². The fourth-order valence-electron chi connectivity index (χ4n) is 2.05. The second-order valence-corrected chi connectivity index (χ2v) is 5.73. The molecule has 0 amide bonds. The van der Waals surface area contributed by atoms with Gasteiger partial charge in [-0.05, 0) is 30.9 Å². The van der Waals surface area contributed by atoms with Crippen molar-refractivity contribution in [1.29, 1.82) is 0 Å². The number of nitrogens with one attached hydrogen (secondary N) is 1. The van der Waals surface area contributed by atoms with Crippen molar-refractivity contribution in [2.75, 3.05) is 0 Å². The Hall–Kier alpha value is -1.59. The number of halogens is 1. The molecule has 0 aliphatic heterocycles. The minimum atomic E-state index is 0.419. The van der Waals surface area contributed by atoms with Gasteiger partial charge in [0, 0.05) is 25.3 Å². The van der Waals surface area contributed by atoms with E-state index in [1.165, 1.54) is 12.8 Å². The molecule has 0 unspecified atom stereocenters. The van der Waals surface area contributed by atoms with E-state index >= 15 is 0 Å². The molecule has 1 aliphatic rings. The number of rotatable bonds is 7. The monoisotopic (exact) mass is 306 g/mol.